The Morgan fingerprint density at radius 1 is 1.30 bits per heavy atom. The summed E-state index contributed by atoms with van der Waals surface area (Å²) in [6.45, 7) is -0.168. The summed E-state index contributed by atoms with van der Waals surface area (Å²) in [7, 11) is 1.67. The number of carbonyl (C=O) groups is 1. The second-order valence-electron chi connectivity index (χ2n) is 7.68. The van der Waals surface area contributed by atoms with Gasteiger partial charge in [-0.3, -0.25) is 9.48 Å². The summed E-state index contributed by atoms with van der Waals surface area (Å²) in [6.07, 6.45) is -4.08. The minimum Gasteiger partial charge on any atom is -0.369 e. The van der Waals surface area contributed by atoms with Gasteiger partial charge in [0, 0.05) is 24.0 Å². The van der Waals surface area contributed by atoms with Gasteiger partial charge >= 0.3 is 6.18 Å². The summed E-state index contributed by atoms with van der Waals surface area (Å²) in [4.78, 5) is 16.9. The number of hydrogen-bond acceptors (Lipinski definition) is 6. The first-order valence-corrected chi connectivity index (χ1v) is 11.0. The summed E-state index contributed by atoms with van der Waals surface area (Å²) in [5, 5.41) is 8.31. The topological polar surface area (TPSA) is 95.1 Å². The number of nitrogens with two attached hydrogens (primary N) is 1. The van der Waals surface area contributed by atoms with E-state index in [4.69, 9.17) is 10.5 Å². The van der Waals surface area contributed by atoms with Crippen molar-refractivity contribution >= 4 is 22.9 Å². The van der Waals surface area contributed by atoms with Crippen molar-refractivity contribution in [2.45, 2.75) is 37.3 Å². The molecule has 1 fully saturated rings. The van der Waals surface area contributed by atoms with Crippen molar-refractivity contribution in [3.8, 4) is 10.6 Å². The molecule has 3 N–H and O–H groups in total. The van der Waals surface area contributed by atoms with Crippen LogP contribution in [0.2, 0.25) is 0 Å². The van der Waals surface area contributed by atoms with Crippen LogP contribution in [0.5, 0.6) is 0 Å². The van der Waals surface area contributed by atoms with Crippen LogP contribution in [0.1, 0.15) is 40.7 Å². The maximum atomic E-state index is 13.9. The van der Waals surface area contributed by atoms with Crippen molar-refractivity contribution in [3.63, 3.8) is 0 Å². The molecule has 3 aromatic rings. The Morgan fingerprint density at radius 3 is 2.82 bits per heavy atom. The van der Waals surface area contributed by atoms with Gasteiger partial charge < -0.3 is 15.8 Å². The third-order valence-corrected chi connectivity index (χ3v) is 6.30. The van der Waals surface area contributed by atoms with Crippen LogP contribution < -0.4 is 11.1 Å². The number of amides is 1. The van der Waals surface area contributed by atoms with Crippen LogP contribution in [0.4, 0.5) is 23.2 Å². The lowest BCUT2D eigenvalue weighted by Crippen LogP contribution is -2.32. The minimum absolute atomic E-state index is 0.0330. The van der Waals surface area contributed by atoms with Crippen molar-refractivity contribution in [3.05, 3.63) is 52.8 Å². The van der Waals surface area contributed by atoms with E-state index in [0.29, 0.717) is 24.2 Å². The maximum Gasteiger partial charge on any atom is 0.417 e. The molecule has 4 rings (SSSR count). The summed E-state index contributed by atoms with van der Waals surface area (Å²) in [5.41, 5.74) is 5.73. The molecule has 1 aromatic carbocycles. The fraction of sp³-hybridized carbons (Fsp3) is 0.381. The summed E-state index contributed by atoms with van der Waals surface area (Å²) < 4.78 is 61.1. The molecule has 1 aliphatic heterocycles. The van der Waals surface area contributed by atoms with Crippen molar-refractivity contribution in [1.82, 2.24) is 14.8 Å². The molecular weight excluding hydrogens is 462 g/mol. The van der Waals surface area contributed by atoms with Crippen LogP contribution >= 0.6 is 11.3 Å². The standard InChI is InChI=1S/C21H21F4N5O2S/c1-30-18(17-7-6-14(26)13(22)9-32-17)15(8-27-30)28-19(31)16-10-33-20(29-16)11-4-2-3-5-12(11)21(23,24)25/h2-5,8,10,13-14,17H,6-7,9,26H2,1H3,(H,28,31)/t13-,14-,17+/m1/s1. The quantitative estimate of drug-likeness (QED) is 0.539. The zero-order valence-electron chi connectivity index (χ0n) is 17.5. The fourth-order valence-corrected chi connectivity index (χ4v) is 4.52. The van der Waals surface area contributed by atoms with Gasteiger partial charge in [-0.1, -0.05) is 18.2 Å². The summed E-state index contributed by atoms with van der Waals surface area (Å²) in [5.74, 6) is -0.607. The van der Waals surface area contributed by atoms with Crippen LogP contribution in [0.3, 0.4) is 0 Å². The third kappa shape index (κ3) is 4.92. The van der Waals surface area contributed by atoms with Gasteiger partial charge in [-0.15, -0.1) is 11.3 Å². The lowest BCUT2D eigenvalue weighted by molar-refractivity contribution is -0.137. The Kier molecular flexibility index (Phi) is 6.50. The molecule has 0 aliphatic carbocycles. The van der Waals surface area contributed by atoms with Gasteiger partial charge in [0.25, 0.3) is 5.91 Å². The molecule has 0 radical (unpaired) electrons. The summed E-state index contributed by atoms with van der Waals surface area (Å²) >= 11 is 0.939. The molecule has 1 aliphatic rings. The Bertz CT molecular complexity index is 1130. The highest BCUT2D eigenvalue weighted by Gasteiger charge is 2.34. The molecule has 176 valence electrons. The number of nitrogens with zero attached hydrogens (tertiary/aromatic N) is 3. The monoisotopic (exact) mass is 483 g/mol. The van der Waals surface area contributed by atoms with E-state index in [1.54, 1.807) is 7.05 Å². The number of anilines is 1. The van der Waals surface area contributed by atoms with E-state index in [1.165, 1.54) is 34.5 Å². The highest BCUT2D eigenvalue weighted by Crippen LogP contribution is 2.38. The smallest absolute Gasteiger partial charge is 0.369 e. The average molecular weight is 483 g/mol. The van der Waals surface area contributed by atoms with Crippen LogP contribution in [0.15, 0.2) is 35.8 Å². The molecule has 7 nitrogen and oxygen atoms in total. The average Bonchev–Trinajstić information content (AvgIpc) is 3.36. The van der Waals surface area contributed by atoms with Crippen molar-refractivity contribution in [2.75, 3.05) is 11.9 Å². The minimum atomic E-state index is -4.55. The lowest BCUT2D eigenvalue weighted by Gasteiger charge is -2.17. The zero-order chi connectivity index (χ0) is 23.8. The van der Waals surface area contributed by atoms with E-state index in [2.05, 4.69) is 15.4 Å². The van der Waals surface area contributed by atoms with E-state index in [9.17, 15) is 22.4 Å². The van der Waals surface area contributed by atoms with Gasteiger partial charge in [-0.25, -0.2) is 9.37 Å². The number of nitrogens with one attached hydrogen (secondary N) is 1. The van der Waals surface area contributed by atoms with Crippen molar-refractivity contribution in [2.24, 2.45) is 12.8 Å². The van der Waals surface area contributed by atoms with Crippen LogP contribution in [-0.4, -0.2) is 39.5 Å². The Hall–Kier alpha value is -2.83. The number of carbonyl (C=O) groups excluding carboxylic acids is 1. The second-order valence-corrected chi connectivity index (χ2v) is 8.54. The molecule has 3 atom stereocenters. The number of hydrogen-bond donors (Lipinski definition) is 2. The predicted molar refractivity (Wildman–Crippen MR) is 115 cm³/mol. The van der Waals surface area contributed by atoms with Crippen molar-refractivity contribution in [1.29, 1.82) is 0 Å². The number of aryl methyl sites for hydroxylation is 1. The zero-order valence-corrected chi connectivity index (χ0v) is 18.3. The van der Waals surface area contributed by atoms with Gasteiger partial charge in [-0.2, -0.15) is 18.3 Å². The Balaban J connectivity index is 1.55. The molecule has 0 saturated carbocycles. The van der Waals surface area contributed by atoms with E-state index in [-0.39, 0.29) is 22.9 Å². The van der Waals surface area contributed by atoms with Crippen LogP contribution in [0, 0.1) is 0 Å². The highest BCUT2D eigenvalue weighted by molar-refractivity contribution is 7.13. The second kappa shape index (κ2) is 9.20. The molecule has 12 heteroatoms. The van der Waals surface area contributed by atoms with Crippen molar-refractivity contribution < 1.29 is 27.1 Å². The van der Waals surface area contributed by atoms with E-state index in [0.717, 1.165) is 17.4 Å². The van der Waals surface area contributed by atoms with E-state index in [1.807, 2.05) is 0 Å². The molecule has 0 bridgehead atoms. The fourth-order valence-electron chi connectivity index (χ4n) is 3.69. The third-order valence-electron chi connectivity index (χ3n) is 5.42. The Morgan fingerprint density at radius 2 is 2.06 bits per heavy atom. The number of aromatic nitrogens is 3. The van der Waals surface area contributed by atoms with Gasteiger partial charge in [0.1, 0.15) is 23.0 Å². The summed E-state index contributed by atoms with van der Waals surface area (Å²) in [6, 6.07) is 4.43. The normalized spacial score (nSPS) is 21.6. The molecule has 1 amide bonds. The van der Waals surface area contributed by atoms with E-state index >= 15 is 0 Å². The molecule has 0 spiro atoms. The number of rotatable bonds is 4. The first kappa shape index (κ1) is 23.3. The Labute approximate surface area is 190 Å². The van der Waals surface area contributed by atoms with Crippen LogP contribution in [0.25, 0.3) is 10.6 Å². The van der Waals surface area contributed by atoms with E-state index < -0.39 is 36.0 Å². The maximum absolute atomic E-state index is 13.9. The number of halogens is 4. The molecule has 0 unspecified atom stereocenters. The molecule has 2 aromatic heterocycles. The first-order chi connectivity index (χ1) is 15.6. The first-order valence-electron chi connectivity index (χ1n) is 10.1. The lowest BCUT2D eigenvalue weighted by atomic mass is 10.0. The largest absolute Gasteiger partial charge is 0.417 e. The molecule has 3 heterocycles. The van der Waals surface area contributed by atoms with Crippen LogP contribution in [-0.2, 0) is 18.0 Å². The highest BCUT2D eigenvalue weighted by atomic mass is 32.1. The number of alkyl halides is 4. The molecule has 33 heavy (non-hydrogen) atoms. The molecule has 1 saturated heterocycles. The number of benzene rings is 1. The van der Waals surface area contributed by atoms with Gasteiger partial charge in [0.15, 0.2) is 0 Å². The van der Waals surface area contributed by atoms with Gasteiger partial charge in [0.05, 0.1) is 29.7 Å². The number of thiazole rings is 1. The molecular formula is C21H21F4N5O2S. The van der Waals surface area contributed by atoms with Gasteiger partial charge in [-0.05, 0) is 18.9 Å². The number of ether oxygens (including phenoxy) is 1. The predicted octanol–water partition coefficient (Wildman–Crippen LogP) is 4.33. The van der Waals surface area contributed by atoms with Gasteiger partial charge in [0.2, 0.25) is 0 Å². The SMILES string of the molecule is Cn1ncc(NC(=O)c2csc(-c3ccccc3C(F)(F)F)n2)c1[C@@H]1CC[C@@H](N)[C@H](F)CO1.